The number of fused-ring (bicyclic) bond motifs is 1. The molecular weight excluding hydrogens is 302 g/mol. The molecule has 7 heteroatoms. The van der Waals surface area contributed by atoms with E-state index in [1.165, 1.54) is 18.3 Å². The standard InChI is InChI=1S/C15H17N3O3S/c1-3-21-11-4-5-12-13(6-11)22-15(16-12)17-14(20)10-7-18(8-10)9(2)19/h4-6,10H,3,7-8H2,1-2H3,(H,16,17,20). The number of benzene rings is 1. The van der Waals surface area contributed by atoms with Crippen LogP contribution < -0.4 is 10.1 Å². The summed E-state index contributed by atoms with van der Waals surface area (Å²) in [5, 5.41) is 3.41. The van der Waals surface area contributed by atoms with E-state index in [1.807, 2.05) is 25.1 Å². The molecule has 2 amide bonds. The van der Waals surface area contributed by atoms with Gasteiger partial charge in [-0.3, -0.25) is 9.59 Å². The van der Waals surface area contributed by atoms with Gasteiger partial charge in [0, 0.05) is 20.0 Å². The van der Waals surface area contributed by atoms with E-state index in [0.717, 1.165) is 16.0 Å². The fourth-order valence-corrected chi connectivity index (χ4v) is 3.22. The van der Waals surface area contributed by atoms with Crippen LogP contribution in [0.5, 0.6) is 5.75 Å². The van der Waals surface area contributed by atoms with Gasteiger partial charge in [0.1, 0.15) is 5.75 Å². The number of hydrogen-bond acceptors (Lipinski definition) is 5. The lowest BCUT2D eigenvalue weighted by Crippen LogP contribution is -2.53. The van der Waals surface area contributed by atoms with Crippen LogP contribution in [0.1, 0.15) is 13.8 Å². The zero-order valence-corrected chi connectivity index (χ0v) is 13.3. The molecule has 1 aromatic carbocycles. The van der Waals surface area contributed by atoms with Crippen LogP contribution in [-0.2, 0) is 9.59 Å². The number of rotatable bonds is 4. The molecule has 6 nitrogen and oxygen atoms in total. The Hall–Kier alpha value is -2.15. The maximum atomic E-state index is 12.1. The van der Waals surface area contributed by atoms with Crippen molar-refractivity contribution in [2.75, 3.05) is 25.0 Å². The van der Waals surface area contributed by atoms with Gasteiger partial charge in [-0.25, -0.2) is 4.98 Å². The molecule has 1 saturated heterocycles. The first-order valence-electron chi connectivity index (χ1n) is 7.16. The fraction of sp³-hybridized carbons (Fsp3) is 0.400. The smallest absolute Gasteiger partial charge is 0.232 e. The summed E-state index contributed by atoms with van der Waals surface area (Å²) in [6.07, 6.45) is 0. The summed E-state index contributed by atoms with van der Waals surface area (Å²) in [6.45, 7) is 5.03. The van der Waals surface area contributed by atoms with E-state index in [2.05, 4.69) is 10.3 Å². The monoisotopic (exact) mass is 319 g/mol. The second-order valence-electron chi connectivity index (χ2n) is 5.19. The highest BCUT2D eigenvalue weighted by Gasteiger charge is 2.34. The van der Waals surface area contributed by atoms with E-state index in [-0.39, 0.29) is 17.7 Å². The van der Waals surface area contributed by atoms with Gasteiger partial charge in [0.25, 0.3) is 0 Å². The first kappa shape index (κ1) is 14.8. The number of carbonyl (C=O) groups excluding carboxylic acids is 2. The van der Waals surface area contributed by atoms with Crippen molar-refractivity contribution < 1.29 is 14.3 Å². The Balaban J connectivity index is 1.66. The molecular formula is C15H17N3O3S. The lowest BCUT2D eigenvalue weighted by molar-refractivity contribution is -0.139. The minimum Gasteiger partial charge on any atom is -0.494 e. The van der Waals surface area contributed by atoms with Gasteiger partial charge in [0.2, 0.25) is 11.8 Å². The first-order chi connectivity index (χ1) is 10.6. The predicted molar refractivity (Wildman–Crippen MR) is 85.2 cm³/mol. The van der Waals surface area contributed by atoms with Crippen molar-refractivity contribution in [2.24, 2.45) is 5.92 Å². The van der Waals surface area contributed by atoms with Crippen LogP contribution in [0.15, 0.2) is 18.2 Å². The van der Waals surface area contributed by atoms with Crippen LogP contribution in [0.4, 0.5) is 5.13 Å². The van der Waals surface area contributed by atoms with Crippen molar-refractivity contribution in [1.82, 2.24) is 9.88 Å². The Labute approximate surface area is 132 Å². The first-order valence-corrected chi connectivity index (χ1v) is 7.98. The highest BCUT2D eigenvalue weighted by atomic mass is 32.1. The van der Waals surface area contributed by atoms with E-state index < -0.39 is 0 Å². The van der Waals surface area contributed by atoms with Gasteiger partial charge in [-0.15, -0.1) is 0 Å². The molecule has 0 unspecified atom stereocenters. The third kappa shape index (κ3) is 2.89. The van der Waals surface area contributed by atoms with Gasteiger partial charge < -0.3 is 15.0 Å². The van der Waals surface area contributed by atoms with E-state index in [9.17, 15) is 9.59 Å². The summed E-state index contributed by atoms with van der Waals surface area (Å²) in [5.74, 6) is 0.580. The third-order valence-electron chi connectivity index (χ3n) is 3.60. The Morgan fingerprint density at radius 1 is 1.45 bits per heavy atom. The molecule has 1 N–H and O–H groups in total. The largest absolute Gasteiger partial charge is 0.494 e. The zero-order valence-electron chi connectivity index (χ0n) is 12.5. The SMILES string of the molecule is CCOc1ccc2nc(NC(=O)C3CN(C(C)=O)C3)sc2c1. The van der Waals surface area contributed by atoms with Crippen LogP contribution in [0.3, 0.4) is 0 Å². The maximum absolute atomic E-state index is 12.1. The van der Waals surface area contributed by atoms with Crippen LogP contribution in [0.2, 0.25) is 0 Å². The quantitative estimate of drug-likeness (QED) is 0.937. The molecule has 1 aliphatic rings. The van der Waals surface area contributed by atoms with E-state index >= 15 is 0 Å². The second kappa shape index (κ2) is 5.92. The van der Waals surface area contributed by atoms with Gasteiger partial charge in [0.15, 0.2) is 5.13 Å². The van der Waals surface area contributed by atoms with Crippen molar-refractivity contribution in [3.05, 3.63) is 18.2 Å². The normalized spacial score (nSPS) is 14.7. The molecule has 22 heavy (non-hydrogen) atoms. The van der Waals surface area contributed by atoms with Crippen molar-refractivity contribution >= 4 is 38.5 Å². The number of hydrogen-bond donors (Lipinski definition) is 1. The van der Waals surface area contributed by atoms with E-state index in [0.29, 0.717) is 24.8 Å². The minimum atomic E-state index is -0.144. The third-order valence-corrected chi connectivity index (χ3v) is 4.53. The van der Waals surface area contributed by atoms with Crippen molar-refractivity contribution in [3.8, 4) is 5.75 Å². The van der Waals surface area contributed by atoms with Crippen LogP contribution >= 0.6 is 11.3 Å². The molecule has 116 valence electrons. The average Bonchev–Trinajstić information content (AvgIpc) is 2.78. The number of aromatic nitrogens is 1. The molecule has 1 aromatic heterocycles. The topological polar surface area (TPSA) is 71.5 Å². The summed E-state index contributed by atoms with van der Waals surface area (Å²) in [6, 6.07) is 5.67. The number of likely N-dealkylation sites (tertiary alicyclic amines) is 1. The van der Waals surface area contributed by atoms with Crippen molar-refractivity contribution in [3.63, 3.8) is 0 Å². The molecule has 2 heterocycles. The number of thiazole rings is 1. The second-order valence-corrected chi connectivity index (χ2v) is 6.22. The van der Waals surface area contributed by atoms with Crippen molar-refractivity contribution in [2.45, 2.75) is 13.8 Å². The molecule has 3 rings (SSSR count). The summed E-state index contributed by atoms with van der Waals surface area (Å²) in [7, 11) is 0. The molecule has 0 radical (unpaired) electrons. The molecule has 2 aromatic rings. The average molecular weight is 319 g/mol. The number of carbonyl (C=O) groups is 2. The summed E-state index contributed by atoms with van der Waals surface area (Å²) < 4.78 is 6.43. The Morgan fingerprint density at radius 3 is 2.91 bits per heavy atom. The number of anilines is 1. The molecule has 0 aliphatic carbocycles. The van der Waals surface area contributed by atoms with Gasteiger partial charge in [0.05, 0.1) is 22.7 Å². The Kier molecular flexibility index (Phi) is 3.98. The van der Waals surface area contributed by atoms with Gasteiger partial charge in [-0.1, -0.05) is 11.3 Å². The molecule has 1 aliphatic heterocycles. The maximum Gasteiger partial charge on any atom is 0.232 e. The number of amides is 2. The summed E-state index contributed by atoms with van der Waals surface area (Å²) in [5.41, 5.74) is 0.836. The van der Waals surface area contributed by atoms with Crippen molar-refractivity contribution in [1.29, 1.82) is 0 Å². The van der Waals surface area contributed by atoms with Crippen LogP contribution in [0, 0.1) is 5.92 Å². The van der Waals surface area contributed by atoms with Crippen LogP contribution in [0.25, 0.3) is 10.2 Å². The minimum absolute atomic E-state index is 0.00694. The Bertz CT molecular complexity index is 722. The van der Waals surface area contributed by atoms with Gasteiger partial charge in [-0.05, 0) is 25.1 Å². The predicted octanol–water partition coefficient (Wildman–Crippen LogP) is 2.11. The number of nitrogens with zero attached hydrogens (tertiary/aromatic N) is 2. The van der Waals surface area contributed by atoms with Crippen LogP contribution in [-0.4, -0.2) is 41.4 Å². The summed E-state index contributed by atoms with van der Waals surface area (Å²) in [4.78, 5) is 29.3. The number of nitrogens with one attached hydrogen (secondary N) is 1. The highest BCUT2D eigenvalue weighted by molar-refractivity contribution is 7.22. The van der Waals surface area contributed by atoms with E-state index in [4.69, 9.17) is 4.74 Å². The fourth-order valence-electron chi connectivity index (χ4n) is 2.32. The molecule has 1 fully saturated rings. The Morgan fingerprint density at radius 2 is 2.23 bits per heavy atom. The van der Waals surface area contributed by atoms with E-state index in [1.54, 1.807) is 4.90 Å². The van der Waals surface area contributed by atoms with Gasteiger partial charge >= 0.3 is 0 Å². The molecule has 0 atom stereocenters. The number of ether oxygens (including phenoxy) is 1. The molecule has 0 spiro atoms. The van der Waals surface area contributed by atoms with Gasteiger partial charge in [-0.2, -0.15) is 0 Å². The lowest BCUT2D eigenvalue weighted by Gasteiger charge is -2.37. The highest BCUT2D eigenvalue weighted by Crippen LogP contribution is 2.30. The molecule has 0 bridgehead atoms. The zero-order chi connectivity index (χ0) is 15.7. The summed E-state index contributed by atoms with van der Waals surface area (Å²) >= 11 is 1.42. The lowest BCUT2D eigenvalue weighted by atomic mass is 9.99. The molecule has 0 saturated carbocycles.